The molecule has 0 radical (unpaired) electrons. The van der Waals surface area contributed by atoms with E-state index in [0.717, 1.165) is 18.5 Å². The molecule has 1 aliphatic rings. The van der Waals surface area contributed by atoms with Crippen molar-refractivity contribution >= 4 is 11.7 Å². The lowest BCUT2D eigenvalue weighted by molar-refractivity contribution is -0.119. The van der Waals surface area contributed by atoms with Crippen molar-refractivity contribution in [2.45, 2.75) is 38.3 Å². The Hall–Kier alpha value is -1.66. The number of hydrazine groups is 1. The molecule has 0 aliphatic heterocycles. The molecule has 0 saturated heterocycles. The topological polar surface area (TPSA) is 97.3 Å². The molecule has 1 heterocycles. The number of amides is 1. The smallest absolute Gasteiger partial charge is 0.231 e. The summed E-state index contributed by atoms with van der Waals surface area (Å²) in [6.07, 6.45) is 4.69. The van der Waals surface area contributed by atoms with Gasteiger partial charge in [-0.15, -0.1) is 0 Å². The second kappa shape index (κ2) is 6.49. The van der Waals surface area contributed by atoms with Crippen LogP contribution in [0.1, 0.15) is 31.4 Å². The van der Waals surface area contributed by atoms with E-state index in [-0.39, 0.29) is 12.5 Å². The zero-order valence-corrected chi connectivity index (χ0v) is 11.0. The summed E-state index contributed by atoms with van der Waals surface area (Å²) < 4.78 is 0. The third-order valence-electron chi connectivity index (χ3n) is 3.52. The standard InChI is InChI=1S/C13H21N5O/c14-12(19)9-18(11-5-1-2-6-11)8-10-4-3-7-13(16-10)17-15/h3-4,7,11H,1-2,5-6,8-9,15H2,(H2,14,19)(H,16,17). The van der Waals surface area contributed by atoms with Gasteiger partial charge in [-0.05, 0) is 25.0 Å². The highest BCUT2D eigenvalue weighted by atomic mass is 16.1. The van der Waals surface area contributed by atoms with Gasteiger partial charge in [-0.25, -0.2) is 10.8 Å². The van der Waals surface area contributed by atoms with Crippen LogP contribution < -0.4 is 17.0 Å². The minimum Gasteiger partial charge on any atom is -0.369 e. The second-order valence-electron chi connectivity index (χ2n) is 4.97. The van der Waals surface area contributed by atoms with Gasteiger partial charge in [0.1, 0.15) is 5.82 Å². The van der Waals surface area contributed by atoms with Crippen LogP contribution in [0.4, 0.5) is 5.82 Å². The summed E-state index contributed by atoms with van der Waals surface area (Å²) in [4.78, 5) is 17.7. The third kappa shape index (κ3) is 3.90. The highest BCUT2D eigenvalue weighted by Gasteiger charge is 2.24. The Kier molecular flexibility index (Phi) is 4.70. The molecule has 19 heavy (non-hydrogen) atoms. The van der Waals surface area contributed by atoms with Gasteiger partial charge in [0.2, 0.25) is 5.91 Å². The van der Waals surface area contributed by atoms with Crippen LogP contribution >= 0.6 is 0 Å². The van der Waals surface area contributed by atoms with E-state index in [1.54, 1.807) is 6.07 Å². The lowest BCUT2D eigenvalue weighted by Crippen LogP contribution is -2.39. The van der Waals surface area contributed by atoms with Crippen molar-refractivity contribution in [2.75, 3.05) is 12.0 Å². The monoisotopic (exact) mass is 263 g/mol. The Morgan fingerprint density at radius 3 is 2.79 bits per heavy atom. The number of primary amides is 1. The number of pyridine rings is 1. The lowest BCUT2D eigenvalue weighted by atomic mass is 10.2. The molecule has 6 nitrogen and oxygen atoms in total. The second-order valence-corrected chi connectivity index (χ2v) is 4.97. The summed E-state index contributed by atoms with van der Waals surface area (Å²) in [6, 6.07) is 6.07. The van der Waals surface area contributed by atoms with Crippen LogP contribution in [0.25, 0.3) is 0 Å². The molecule has 0 aromatic carbocycles. The van der Waals surface area contributed by atoms with Gasteiger partial charge in [-0.3, -0.25) is 9.69 Å². The number of hydrogen-bond donors (Lipinski definition) is 3. The average molecular weight is 263 g/mol. The van der Waals surface area contributed by atoms with E-state index in [2.05, 4.69) is 15.3 Å². The van der Waals surface area contributed by atoms with Crippen LogP contribution in [0.15, 0.2) is 18.2 Å². The van der Waals surface area contributed by atoms with Gasteiger partial charge in [0.05, 0.1) is 12.2 Å². The van der Waals surface area contributed by atoms with Gasteiger partial charge in [-0.2, -0.15) is 0 Å². The zero-order chi connectivity index (χ0) is 13.7. The highest BCUT2D eigenvalue weighted by molar-refractivity contribution is 5.75. The van der Waals surface area contributed by atoms with E-state index < -0.39 is 0 Å². The minimum absolute atomic E-state index is 0.284. The predicted octanol–water partition coefficient (Wildman–Crippen LogP) is 0.597. The van der Waals surface area contributed by atoms with Gasteiger partial charge in [-0.1, -0.05) is 18.9 Å². The molecule has 6 heteroatoms. The summed E-state index contributed by atoms with van der Waals surface area (Å²) in [5, 5.41) is 0. The number of carbonyl (C=O) groups excluding carboxylic acids is 1. The quantitative estimate of drug-likeness (QED) is 0.516. The van der Waals surface area contributed by atoms with E-state index >= 15 is 0 Å². The van der Waals surface area contributed by atoms with E-state index in [4.69, 9.17) is 11.6 Å². The summed E-state index contributed by atoms with van der Waals surface area (Å²) in [5.74, 6) is 5.69. The maximum Gasteiger partial charge on any atom is 0.231 e. The van der Waals surface area contributed by atoms with Gasteiger partial charge in [0.25, 0.3) is 0 Å². The van der Waals surface area contributed by atoms with E-state index in [0.29, 0.717) is 18.4 Å². The highest BCUT2D eigenvalue weighted by Crippen LogP contribution is 2.24. The SMILES string of the molecule is NNc1cccc(CN(CC(N)=O)C2CCCC2)n1. The van der Waals surface area contributed by atoms with Crippen molar-refractivity contribution in [3.8, 4) is 0 Å². The maximum absolute atomic E-state index is 11.2. The molecule has 1 saturated carbocycles. The number of rotatable bonds is 6. The summed E-state index contributed by atoms with van der Waals surface area (Å²) in [5.41, 5.74) is 8.76. The van der Waals surface area contributed by atoms with Crippen molar-refractivity contribution in [3.05, 3.63) is 23.9 Å². The minimum atomic E-state index is -0.292. The van der Waals surface area contributed by atoms with E-state index in [9.17, 15) is 4.79 Å². The number of hydrogen-bond acceptors (Lipinski definition) is 5. The predicted molar refractivity (Wildman–Crippen MR) is 73.9 cm³/mol. The molecule has 5 N–H and O–H groups in total. The Balaban J connectivity index is 2.07. The fourth-order valence-corrected chi connectivity index (χ4v) is 2.64. The molecule has 0 unspecified atom stereocenters. The largest absolute Gasteiger partial charge is 0.369 e. The van der Waals surface area contributed by atoms with Crippen molar-refractivity contribution in [3.63, 3.8) is 0 Å². The van der Waals surface area contributed by atoms with Gasteiger partial charge < -0.3 is 11.2 Å². The normalized spacial score (nSPS) is 15.9. The Morgan fingerprint density at radius 1 is 1.42 bits per heavy atom. The average Bonchev–Trinajstić information content (AvgIpc) is 2.91. The Labute approximate surface area is 113 Å². The molecule has 0 atom stereocenters. The number of nitrogens with two attached hydrogens (primary N) is 2. The molecule has 1 amide bonds. The molecule has 2 rings (SSSR count). The van der Waals surface area contributed by atoms with E-state index in [1.165, 1.54) is 12.8 Å². The molecule has 0 spiro atoms. The number of anilines is 1. The van der Waals surface area contributed by atoms with Crippen LogP contribution in [0.5, 0.6) is 0 Å². The van der Waals surface area contributed by atoms with Crippen molar-refractivity contribution < 1.29 is 4.79 Å². The van der Waals surface area contributed by atoms with Crippen molar-refractivity contribution in [1.29, 1.82) is 0 Å². The number of nitrogens with zero attached hydrogens (tertiary/aromatic N) is 2. The third-order valence-corrected chi connectivity index (χ3v) is 3.52. The number of carbonyl (C=O) groups is 1. The lowest BCUT2D eigenvalue weighted by Gasteiger charge is -2.27. The van der Waals surface area contributed by atoms with Crippen molar-refractivity contribution in [1.82, 2.24) is 9.88 Å². The first-order valence-corrected chi connectivity index (χ1v) is 6.64. The molecule has 1 aromatic rings. The van der Waals surface area contributed by atoms with Crippen LogP contribution in [0.2, 0.25) is 0 Å². The van der Waals surface area contributed by atoms with Gasteiger partial charge >= 0.3 is 0 Å². The Morgan fingerprint density at radius 2 is 2.16 bits per heavy atom. The van der Waals surface area contributed by atoms with Crippen LogP contribution in [-0.2, 0) is 11.3 Å². The fraction of sp³-hybridized carbons (Fsp3) is 0.538. The molecule has 0 bridgehead atoms. The summed E-state index contributed by atoms with van der Waals surface area (Å²) in [7, 11) is 0. The first kappa shape index (κ1) is 13.8. The summed E-state index contributed by atoms with van der Waals surface area (Å²) in [6.45, 7) is 0.912. The van der Waals surface area contributed by atoms with Gasteiger partial charge in [0.15, 0.2) is 0 Å². The van der Waals surface area contributed by atoms with Gasteiger partial charge in [0, 0.05) is 12.6 Å². The summed E-state index contributed by atoms with van der Waals surface area (Å²) >= 11 is 0. The number of aromatic nitrogens is 1. The zero-order valence-electron chi connectivity index (χ0n) is 11.0. The molecule has 1 aliphatic carbocycles. The molecule has 1 fully saturated rings. The van der Waals surface area contributed by atoms with Crippen LogP contribution in [0, 0.1) is 0 Å². The first-order valence-electron chi connectivity index (χ1n) is 6.64. The van der Waals surface area contributed by atoms with Crippen molar-refractivity contribution in [2.24, 2.45) is 11.6 Å². The molecular weight excluding hydrogens is 242 g/mol. The fourth-order valence-electron chi connectivity index (χ4n) is 2.64. The Bertz CT molecular complexity index is 431. The molecule has 104 valence electrons. The van der Waals surface area contributed by atoms with Crippen LogP contribution in [0.3, 0.4) is 0 Å². The number of nitrogens with one attached hydrogen (secondary N) is 1. The van der Waals surface area contributed by atoms with Crippen LogP contribution in [-0.4, -0.2) is 28.4 Å². The molecule has 1 aromatic heterocycles. The maximum atomic E-state index is 11.2. The molecular formula is C13H21N5O. The first-order chi connectivity index (χ1) is 9.19. The van der Waals surface area contributed by atoms with E-state index in [1.807, 2.05) is 12.1 Å². The number of nitrogen functional groups attached to an aromatic ring is 1.